The summed E-state index contributed by atoms with van der Waals surface area (Å²) in [7, 11) is 1.81. The predicted octanol–water partition coefficient (Wildman–Crippen LogP) is 1.99. The van der Waals surface area contributed by atoms with Gasteiger partial charge >= 0.3 is 0 Å². The fraction of sp³-hybridized carbons (Fsp3) is 0.652. The van der Waals surface area contributed by atoms with Gasteiger partial charge in [0.15, 0.2) is 5.96 Å². The number of nitrogens with zero attached hydrogens (tertiary/aromatic N) is 4. The molecule has 31 heavy (non-hydrogen) atoms. The van der Waals surface area contributed by atoms with Gasteiger partial charge in [-0.15, -0.1) is 24.0 Å². The third-order valence-electron chi connectivity index (χ3n) is 6.07. The number of hydrogen-bond donors (Lipinski definition) is 2. The lowest BCUT2D eigenvalue weighted by atomic mass is 10.2. The number of aliphatic imine (C=N–C) groups is 1. The van der Waals surface area contributed by atoms with Crippen LogP contribution in [0, 0.1) is 0 Å². The van der Waals surface area contributed by atoms with E-state index in [2.05, 4.69) is 55.8 Å². The minimum absolute atomic E-state index is 0. The molecule has 1 unspecified atom stereocenters. The Kier molecular flexibility index (Phi) is 11.6. The second-order valence-corrected chi connectivity index (χ2v) is 8.28. The monoisotopic (exact) mass is 542 g/mol. The zero-order chi connectivity index (χ0) is 21.2. The van der Waals surface area contributed by atoms with E-state index in [1.165, 1.54) is 5.56 Å². The van der Waals surface area contributed by atoms with Gasteiger partial charge in [-0.25, -0.2) is 0 Å². The highest BCUT2D eigenvalue weighted by atomic mass is 127. The van der Waals surface area contributed by atoms with Crippen molar-refractivity contribution in [2.75, 3.05) is 59.4 Å². The second-order valence-electron chi connectivity index (χ2n) is 8.28. The van der Waals surface area contributed by atoms with Gasteiger partial charge in [0.05, 0.1) is 0 Å². The van der Waals surface area contributed by atoms with Crippen LogP contribution in [0.4, 0.5) is 0 Å². The minimum Gasteiger partial charge on any atom is -0.356 e. The molecule has 0 aromatic heterocycles. The molecule has 0 spiro atoms. The average molecular weight is 543 g/mol. The predicted molar refractivity (Wildman–Crippen MR) is 138 cm³/mol. The number of rotatable bonds is 8. The normalized spacial score (nSPS) is 20.4. The molecule has 7 nitrogen and oxygen atoms in total. The maximum atomic E-state index is 11.8. The number of piperazine rings is 1. The van der Waals surface area contributed by atoms with Crippen LogP contribution in [0.5, 0.6) is 0 Å². The first-order valence-electron chi connectivity index (χ1n) is 11.4. The Labute approximate surface area is 204 Å². The molecule has 2 N–H and O–H groups in total. The van der Waals surface area contributed by atoms with Crippen LogP contribution in [0.15, 0.2) is 35.3 Å². The summed E-state index contributed by atoms with van der Waals surface area (Å²) < 4.78 is 0. The molecule has 1 aromatic rings. The number of hydrogen-bond acceptors (Lipinski definition) is 4. The number of likely N-dealkylation sites (tertiary alicyclic amines) is 1. The molecule has 1 amide bonds. The molecule has 0 aliphatic carbocycles. The fourth-order valence-electron chi connectivity index (χ4n) is 4.24. The summed E-state index contributed by atoms with van der Waals surface area (Å²) >= 11 is 0. The number of nitrogens with one attached hydrogen (secondary N) is 2. The highest BCUT2D eigenvalue weighted by Crippen LogP contribution is 2.11. The highest BCUT2D eigenvalue weighted by molar-refractivity contribution is 14.0. The van der Waals surface area contributed by atoms with E-state index in [-0.39, 0.29) is 29.9 Å². The smallest absolute Gasteiger partial charge is 0.222 e. The zero-order valence-corrected chi connectivity index (χ0v) is 21.4. The van der Waals surface area contributed by atoms with Gasteiger partial charge in [-0.3, -0.25) is 14.7 Å². The van der Waals surface area contributed by atoms with Crippen molar-refractivity contribution in [3.63, 3.8) is 0 Å². The number of guanidine groups is 1. The van der Waals surface area contributed by atoms with E-state index in [1.54, 1.807) is 0 Å². The first-order valence-corrected chi connectivity index (χ1v) is 11.4. The van der Waals surface area contributed by atoms with Crippen LogP contribution in [-0.2, 0) is 11.3 Å². The highest BCUT2D eigenvalue weighted by Gasteiger charge is 2.25. The van der Waals surface area contributed by atoms with Crippen LogP contribution in [0.2, 0.25) is 0 Å². The van der Waals surface area contributed by atoms with Crippen molar-refractivity contribution >= 4 is 35.8 Å². The summed E-state index contributed by atoms with van der Waals surface area (Å²) in [4.78, 5) is 23.2. The number of carbonyl (C=O) groups excluding carboxylic acids is 1. The van der Waals surface area contributed by atoms with Crippen molar-refractivity contribution < 1.29 is 4.79 Å². The number of benzene rings is 1. The van der Waals surface area contributed by atoms with Gasteiger partial charge in [0.1, 0.15) is 0 Å². The third-order valence-corrected chi connectivity index (χ3v) is 6.07. The van der Waals surface area contributed by atoms with E-state index in [0.717, 1.165) is 77.7 Å². The molecule has 0 saturated carbocycles. The van der Waals surface area contributed by atoms with Crippen molar-refractivity contribution in [3.8, 4) is 0 Å². The van der Waals surface area contributed by atoms with Crippen molar-refractivity contribution in [2.24, 2.45) is 4.99 Å². The van der Waals surface area contributed by atoms with Crippen LogP contribution in [0.1, 0.15) is 31.7 Å². The molecular weight excluding hydrogens is 503 g/mol. The van der Waals surface area contributed by atoms with Gasteiger partial charge in [-0.1, -0.05) is 37.3 Å². The Morgan fingerprint density at radius 2 is 1.81 bits per heavy atom. The molecule has 2 aliphatic heterocycles. The topological polar surface area (TPSA) is 63.2 Å². The Hall–Kier alpha value is -1.39. The lowest BCUT2D eigenvalue weighted by Gasteiger charge is -2.34. The van der Waals surface area contributed by atoms with Crippen LogP contribution in [-0.4, -0.2) is 92.0 Å². The summed E-state index contributed by atoms with van der Waals surface area (Å²) in [5.74, 6) is 1.09. The molecule has 2 heterocycles. The Balaban J connectivity index is 0.00000341. The summed E-state index contributed by atoms with van der Waals surface area (Å²) in [5.41, 5.74) is 1.40. The number of amides is 1. The molecule has 3 rings (SSSR count). The lowest BCUT2D eigenvalue weighted by Crippen LogP contribution is -2.47. The van der Waals surface area contributed by atoms with Gasteiger partial charge in [0, 0.05) is 71.9 Å². The van der Waals surface area contributed by atoms with Crippen LogP contribution in [0.3, 0.4) is 0 Å². The molecule has 2 aliphatic rings. The van der Waals surface area contributed by atoms with Gasteiger partial charge in [-0.2, -0.15) is 0 Å². The SMILES string of the molecule is CCC(=O)N1CCC(NC(=NC)NCCCN2CCN(Cc3ccccc3)CC2)C1.I. The van der Waals surface area contributed by atoms with Crippen molar-refractivity contribution in [1.29, 1.82) is 0 Å². The number of halogens is 1. The van der Waals surface area contributed by atoms with Crippen LogP contribution in [0.25, 0.3) is 0 Å². The maximum Gasteiger partial charge on any atom is 0.222 e. The third kappa shape index (κ3) is 8.57. The van der Waals surface area contributed by atoms with Crippen molar-refractivity contribution in [2.45, 2.75) is 38.8 Å². The second kappa shape index (κ2) is 13.9. The maximum absolute atomic E-state index is 11.8. The van der Waals surface area contributed by atoms with Gasteiger partial charge in [0.2, 0.25) is 5.91 Å². The summed E-state index contributed by atoms with van der Waals surface area (Å²) in [6, 6.07) is 11.0. The van der Waals surface area contributed by atoms with E-state index < -0.39 is 0 Å². The van der Waals surface area contributed by atoms with Crippen molar-refractivity contribution in [1.82, 2.24) is 25.3 Å². The fourth-order valence-corrected chi connectivity index (χ4v) is 4.24. The summed E-state index contributed by atoms with van der Waals surface area (Å²) in [6.07, 6.45) is 2.67. The molecule has 0 bridgehead atoms. The van der Waals surface area contributed by atoms with Crippen LogP contribution < -0.4 is 10.6 Å². The zero-order valence-electron chi connectivity index (χ0n) is 19.1. The van der Waals surface area contributed by atoms with Gasteiger partial charge in [-0.05, 0) is 24.9 Å². The lowest BCUT2D eigenvalue weighted by molar-refractivity contribution is -0.129. The molecular formula is C23H39IN6O. The number of carbonyl (C=O) groups is 1. The van der Waals surface area contributed by atoms with Crippen LogP contribution >= 0.6 is 24.0 Å². The molecule has 174 valence electrons. The van der Waals surface area contributed by atoms with E-state index >= 15 is 0 Å². The van der Waals surface area contributed by atoms with Crippen molar-refractivity contribution in [3.05, 3.63) is 35.9 Å². The van der Waals surface area contributed by atoms with E-state index in [1.807, 2.05) is 18.9 Å². The molecule has 2 fully saturated rings. The first kappa shape index (κ1) is 25.9. The Morgan fingerprint density at radius 3 is 2.48 bits per heavy atom. The quantitative estimate of drug-likeness (QED) is 0.228. The molecule has 1 aromatic carbocycles. The Bertz CT molecular complexity index is 678. The van der Waals surface area contributed by atoms with E-state index in [9.17, 15) is 4.79 Å². The first-order chi connectivity index (χ1) is 14.7. The average Bonchev–Trinajstić information content (AvgIpc) is 3.25. The van der Waals surface area contributed by atoms with E-state index in [4.69, 9.17) is 0 Å². The molecule has 1 atom stereocenters. The summed E-state index contributed by atoms with van der Waals surface area (Å²) in [5, 5.41) is 6.90. The molecule has 0 radical (unpaired) electrons. The van der Waals surface area contributed by atoms with Gasteiger partial charge < -0.3 is 20.4 Å². The van der Waals surface area contributed by atoms with E-state index in [0.29, 0.717) is 12.5 Å². The minimum atomic E-state index is 0. The Morgan fingerprint density at radius 1 is 1.10 bits per heavy atom. The molecule has 2 saturated heterocycles. The largest absolute Gasteiger partial charge is 0.356 e. The summed E-state index contributed by atoms with van der Waals surface area (Å²) in [6.45, 7) is 11.2. The molecule has 8 heteroatoms. The standard InChI is InChI=1S/C23H38N6O.HI/c1-3-22(30)29-13-10-21(19-29)26-23(24-2)25-11-7-12-27-14-16-28(17-15-27)18-20-8-5-4-6-9-20;/h4-6,8-9,21H,3,7,10-19H2,1-2H3,(H2,24,25,26);1H. The van der Waals surface area contributed by atoms with Gasteiger partial charge in [0.25, 0.3) is 0 Å².